The Kier molecular flexibility index (Phi) is 3.46. The lowest BCUT2D eigenvalue weighted by molar-refractivity contribution is 0.0665. The van der Waals surface area contributed by atoms with Gasteiger partial charge in [-0.25, -0.2) is 4.79 Å². The van der Waals surface area contributed by atoms with E-state index in [0.717, 1.165) is 30.5 Å². The summed E-state index contributed by atoms with van der Waals surface area (Å²) in [4.78, 5) is 10.9. The molecule has 0 spiro atoms. The molecule has 1 saturated heterocycles. The van der Waals surface area contributed by atoms with Crippen molar-refractivity contribution in [2.45, 2.75) is 32.0 Å². The Hall–Kier alpha value is -1.85. The summed E-state index contributed by atoms with van der Waals surface area (Å²) < 4.78 is 10.8. The zero-order valence-corrected chi connectivity index (χ0v) is 11.3. The topological polar surface area (TPSA) is 71.7 Å². The smallest absolute Gasteiger partial charge is 0.371 e. The van der Waals surface area contributed by atoms with Crippen LogP contribution in [0.2, 0.25) is 0 Å². The Morgan fingerprint density at radius 2 is 2.30 bits per heavy atom. The molecule has 20 heavy (non-hydrogen) atoms. The van der Waals surface area contributed by atoms with Gasteiger partial charge in [-0.1, -0.05) is 6.07 Å². The molecule has 1 aromatic carbocycles. The standard InChI is InChI=1S/C15H17NO4/c1-9-12(4-5-19-9)16-8-10-2-3-13-11(6-10)7-14(20-13)15(17)18/h2-3,6-7,9,12,16H,4-5,8H2,1H3,(H,17,18). The summed E-state index contributed by atoms with van der Waals surface area (Å²) >= 11 is 0. The van der Waals surface area contributed by atoms with Gasteiger partial charge in [-0.2, -0.15) is 0 Å². The SMILES string of the molecule is CC1OCCC1NCc1ccc2oc(C(=O)O)cc2c1. The highest BCUT2D eigenvalue weighted by atomic mass is 16.5. The van der Waals surface area contributed by atoms with Crippen molar-refractivity contribution in [1.82, 2.24) is 5.32 Å². The van der Waals surface area contributed by atoms with Gasteiger partial charge in [0.1, 0.15) is 5.58 Å². The van der Waals surface area contributed by atoms with Gasteiger partial charge in [-0.05, 0) is 37.1 Å². The molecule has 2 aromatic rings. The lowest BCUT2D eigenvalue weighted by Gasteiger charge is -2.15. The van der Waals surface area contributed by atoms with Crippen LogP contribution in [0.15, 0.2) is 28.7 Å². The third-order valence-corrected chi connectivity index (χ3v) is 3.74. The van der Waals surface area contributed by atoms with Crippen molar-refractivity contribution in [3.8, 4) is 0 Å². The van der Waals surface area contributed by atoms with Crippen molar-refractivity contribution < 1.29 is 19.1 Å². The number of carboxylic acid groups (broad SMARTS) is 1. The zero-order chi connectivity index (χ0) is 14.1. The van der Waals surface area contributed by atoms with Crippen LogP contribution in [0.3, 0.4) is 0 Å². The van der Waals surface area contributed by atoms with Crippen LogP contribution in [0.1, 0.15) is 29.5 Å². The van der Waals surface area contributed by atoms with Crippen molar-refractivity contribution in [2.24, 2.45) is 0 Å². The Bertz CT molecular complexity index is 634. The lowest BCUT2D eigenvalue weighted by Crippen LogP contribution is -2.34. The minimum Gasteiger partial charge on any atom is -0.475 e. The molecule has 1 aliphatic rings. The van der Waals surface area contributed by atoms with E-state index in [0.29, 0.717) is 11.6 Å². The third-order valence-electron chi connectivity index (χ3n) is 3.74. The van der Waals surface area contributed by atoms with Crippen LogP contribution in [0, 0.1) is 0 Å². The molecule has 3 rings (SSSR count). The molecule has 5 nitrogen and oxygen atoms in total. The van der Waals surface area contributed by atoms with Crippen LogP contribution in [0.25, 0.3) is 11.0 Å². The summed E-state index contributed by atoms with van der Waals surface area (Å²) in [6.07, 6.45) is 1.27. The molecular formula is C15H17NO4. The second-order valence-electron chi connectivity index (χ2n) is 5.14. The van der Waals surface area contributed by atoms with Crippen molar-refractivity contribution in [2.75, 3.05) is 6.61 Å². The number of hydrogen-bond acceptors (Lipinski definition) is 4. The van der Waals surface area contributed by atoms with Crippen LogP contribution < -0.4 is 5.32 Å². The molecule has 0 radical (unpaired) electrons. The summed E-state index contributed by atoms with van der Waals surface area (Å²) in [5.74, 6) is -1.07. The Balaban J connectivity index is 1.73. The van der Waals surface area contributed by atoms with Gasteiger partial charge < -0.3 is 19.6 Å². The fraction of sp³-hybridized carbons (Fsp3) is 0.400. The van der Waals surface area contributed by atoms with Crippen LogP contribution in [0.4, 0.5) is 0 Å². The molecule has 1 aliphatic heterocycles. The Morgan fingerprint density at radius 3 is 3.00 bits per heavy atom. The number of aromatic carboxylic acids is 1. The second-order valence-corrected chi connectivity index (χ2v) is 5.14. The Labute approximate surface area is 116 Å². The quantitative estimate of drug-likeness (QED) is 0.896. The fourth-order valence-electron chi connectivity index (χ4n) is 2.56. The van der Waals surface area contributed by atoms with E-state index in [9.17, 15) is 4.79 Å². The molecule has 0 saturated carbocycles. The molecule has 2 heterocycles. The highest BCUT2D eigenvalue weighted by molar-refractivity contribution is 5.91. The molecule has 0 amide bonds. The number of hydrogen-bond donors (Lipinski definition) is 2. The van der Waals surface area contributed by atoms with E-state index in [-0.39, 0.29) is 11.9 Å². The molecule has 0 aliphatic carbocycles. The van der Waals surface area contributed by atoms with E-state index in [2.05, 4.69) is 12.2 Å². The maximum Gasteiger partial charge on any atom is 0.371 e. The second kappa shape index (κ2) is 5.26. The van der Waals surface area contributed by atoms with E-state index in [4.69, 9.17) is 14.3 Å². The number of nitrogens with one attached hydrogen (secondary N) is 1. The lowest BCUT2D eigenvalue weighted by atomic mass is 10.1. The number of carbonyl (C=O) groups is 1. The average molecular weight is 275 g/mol. The van der Waals surface area contributed by atoms with Gasteiger partial charge in [0.2, 0.25) is 5.76 Å². The van der Waals surface area contributed by atoms with Gasteiger partial charge in [0.25, 0.3) is 0 Å². The number of ether oxygens (including phenoxy) is 1. The van der Waals surface area contributed by atoms with Crippen molar-refractivity contribution in [1.29, 1.82) is 0 Å². The molecule has 1 aromatic heterocycles. The van der Waals surface area contributed by atoms with E-state index < -0.39 is 5.97 Å². The number of benzene rings is 1. The predicted molar refractivity (Wildman–Crippen MR) is 73.8 cm³/mol. The minimum atomic E-state index is -1.04. The number of carboxylic acids is 1. The van der Waals surface area contributed by atoms with Gasteiger partial charge in [0.05, 0.1) is 6.10 Å². The first-order chi connectivity index (χ1) is 9.63. The van der Waals surface area contributed by atoms with E-state index in [1.54, 1.807) is 6.07 Å². The first-order valence-electron chi connectivity index (χ1n) is 6.74. The molecule has 2 N–H and O–H groups in total. The molecule has 2 unspecified atom stereocenters. The normalized spacial score (nSPS) is 22.4. The summed E-state index contributed by atoms with van der Waals surface area (Å²) in [7, 11) is 0. The molecule has 106 valence electrons. The number of rotatable bonds is 4. The number of furan rings is 1. The molecule has 1 fully saturated rings. The van der Waals surface area contributed by atoms with Gasteiger partial charge >= 0.3 is 5.97 Å². The molecule has 5 heteroatoms. The summed E-state index contributed by atoms with van der Waals surface area (Å²) in [6.45, 7) is 3.62. The largest absolute Gasteiger partial charge is 0.475 e. The van der Waals surface area contributed by atoms with Gasteiger partial charge in [0, 0.05) is 24.6 Å². The highest BCUT2D eigenvalue weighted by Gasteiger charge is 2.23. The van der Waals surface area contributed by atoms with Crippen LogP contribution in [-0.4, -0.2) is 29.8 Å². The summed E-state index contributed by atoms with van der Waals surface area (Å²) in [5.41, 5.74) is 1.71. The van der Waals surface area contributed by atoms with Crippen LogP contribution in [-0.2, 0) is 11.3 Å². The van der Waals surface area contributed by atoms with Crippen molar-refractivity contribution >= 4 is 16.9 Å². The monoisotopic (exact) mass is 275 g/mol. The van der Waals surface area contributed by atoms with Crippen LogP contribution >= 0.6 is 0 Å². The minimum absolute atomic E-state index is 0.0251. The number of fused-ring (bicyclic) bond motifs is 1. The van der Waals surface area contributed by atoms with E-state index >= 15 is 0 Å². The first kappa shape index (κ1) is 13.1. The summed E-state index contributed by atoms with van der Waals surface area (Å²) in [5, 5.41) is 13.2. The average Bonchev–Trinajstić information content (AvgIpc) is 3.01. The zero-order valence-electron chi connectivity index (χ0n) is 11.3. The predicted octanol–water partition coefficient (Wildman–Crippen LogP) is 2.40. The van der Waals surface area contributed by atoms with Gasteiger partial charge in [-0.3, -0.25) is 0 Å². The first-order valence-corrected chi connectivity index (χ1v) is 6.74. The maximum atomic E-state index is 10.9. The van der Waals surface area contributed by atoms with Crippen LogP contribution in [0.5, 0.6) is 0 Å². The van der Waals surface area contributed by atoms with Gasteiger partial charge in [-0.15, -0.1) is 0 Å². The maximum absolute atomic E-state index is 10.9. The fourth-order valence-corrected chi connectivity index (χ4v) is 2.56. The third kappa shape index (κ3) is 2.55. The van der Waals surface area contributed by atoms with Gasteiger partial charge in [0.15, 0.2) is 0 Å². The molecular weight excluding hydrogens is 258 g/mol. The Morgan fingerprint density at radius 1 is 1.45 bits per heavy atom. The summed E-state index contributed by atoms with van der Waals surface area (Å²) in [6, 6.07) is 7.66. The van der Waals surface area contributed by atoms with E-state index in [1.165, 1.54) is 0 Å². The molecule has 2 atom stereocenters. The van der Waals surface area contributed by atoms with Crippen molar-refractivity contribution in [3.05, 3.63) is 35.6 Å². The van der Waals surface area contributed by atoms with Crippen molar-refractivity contribution in [3.63, 3.8) is 0 Å². The highest BCUT2D eigenvalue weighted by Crippen LogP contribution is 2.21. The molecule has 0 bridgehead atoms. The van der Waals surface area contributed by atoms with E-state index in [1.807, 2.05) is 18.2 Å².